The number of hydrogen-bond acceptors (Lipinski definition) is 3. The van der Waals surface area contributed by atoms with E-state index in [4.69, 9.17) is 4.74 Å². The van der Waals surface area contributed by atoms with Crippen LogP contribution in [0.25, 0.3) is 0 Å². The van der Waals surface area contributed by atoms with Crippen molar-refractivity contribution in [1.29, 1.82) is 0 Å². The molecule has 0 aromatic heterocycles. The number of ether oxygens (including phenoxy) is 1. The van der Waals surface area contributed by atoms with Gasteiger partial charge < -0.3 is 10.1 Å². The van der Waals surface area contributed by atoms with Gasteiger partial charge in [-0.25, -0.2) is 0 Å². The van der Waals surface area contributed by atoms with E-state index in [1.807, 2.05) is 24.3 Å². The minimum atomic E-state index is -0.319. The number of carbonyl (C=O) groups excluding carboxylic acids is 1. The average Bonchev–Trinajstić information content (AvgIpc) is 2.39. The molecule has 1 saturated heterocycles. The third-order valence-corrected chi connectivity index (χ3v) is 2.84. The standard InChI is InChI=1S/C13H17NO2/c1-2-10-4-3-5-11(8-10)13(15)12-9-14-6-7-16-12/h3-5,8,12,14H,2,6-7,9H2,1H3. The molecule has 1 fully saturated rings. The Labute approximate surface area is 95.8 Å². The Balaban J connectivity index is 2.12. The van der Waals surface area contributed by atoms with Crippen LogP contribution in [0.15, 0.2) is 24.3 Å². The van der Waals surface area contributed by atoms with Gasteiger partial charge in [-0.1, -0.05) is 25.1 Å². The molecule has 1 heterocycles. The Hall–Kier alpha value is -1.19. The van der Waals surface area contributed by atoms with E-state index in [1.54, 1.807) is 0 Å². The highest BCUT2D eigenvalue weighted by atomic mass is 16.5. The number of benzene rings is 1. The van der Waals surface area contributed by atoms with E-state index in [2.05, 4.69) is 12.2 Å². The molecule has 1 aromatic rings. The van der Waals surface area contributed by atoms with Gasteiger partial charge in [0.1, 0.15) is 6.10 Å². The third kappa shape index (κ3) is 2.49. The summed E-state index contributed by atoms with van der Waals surface area (Å²) in [6.45, 7) is 4.15. The Morgan fingerprint density at radius 3 is 3.12 bits per heavy atom. The van der Waals surface area contributed by atoms with Crippen molar-refractivity contribution in [1.82, 2.24) is 5.32 Å². The Morgan fingerprint density at radius 2 is 2.44 bits per heavy atom. The highest BCUT2D eigenvalue weighted by Gasteiger charge is 2.22. The molecule has 0 bridgehead atoms. The lowest BCUT2D eigenvalue weighted by atomic mass is 10.0. The predicted molar refractivity (Wildman–Crippen MR) is 62.8 cm³/mol. The van der Waals surface area contributed by atoms with Gasteiger partial charge in [0.25, 0.3) is 0 Å². The number of rotatable bonds is 3. The molecule has 3 nitrogen and oxygen atoms in total. The van der Waals surface area contributed by atoms with Gasteiger partial charge in [-0.3, -0.25) is 4.79 Å². The molecule has 0 aliphatic carbocycles. The van der Waals surface area contributed by atoms with Crippen molar-refractivity contribution in [2.75, 3.05) is 19.7 Å². The van der Waals surface area contributed by atoms with Crippen LogP contribution in [-0.2, 0) is 11.2 Å². The van der Waals surface area contributed by atoms with Gasteiger partial charge in [-0.2, -0.15) is 0 Å². The molecule has 1 aromatic carbocycles. The van der Waals surface area contributed by atoms with Gasteiger partial charge in [0.05, 0.1) is 6.61 Å². The fraction of sp³-hybridized carbons (Fsp3) is 0.462. The van der Waals surface area contributed by atoms with E-state index in [1.165, 1.54) is 5.56 Å². The maximum atomic E-state index is 12.1. The first kappa shape index (κ1) is 11.3. The molecule has 1 aliphatic rings. The highest BCUT2D eigenvalue weighted by Crippen LogP contribution is 2.11. The first-order valence-electron chi connectivity index (χ1n) is 5.76. The van der Waals surface area contributed by atoms with E-state index >= 15 is 0 Å². The maximum absolute atomic E-state index is 12.1. The van der Waals surface area contributed by atoms with E-state index < -0.39 is 0 Å². The summed E-state index contributed by atoms with van der Waals surface area (Å²) in [4.78, 5) is 12.1. The molecular formula is C13H17NO2. The number of ketones is 1. The lowest BCUT2D eigenvalue weighted by Gasteiger charge is -2.22. The van der Waals surface area contributed by atoms with Gasteiger partial charge in [-0.15, -0.1) is 0 Å². The first-order valence-corrected chi connectivity index (χ1v) is 5.76. The lowest BCUT2D eigenvalue weighted by Crippen LogP contribution is -2.43. The molecule has 1 atom stereocenters. The highest BCUT2D eigenvalue weighted by molar-refractivity contribution is 5.99. The molecule has 0 saturated carbocycles. The summed E-state index contributed by atoms with van der Waals surface area (Å²) in [5.74, 6) is 0.0856. The maximum Gasteiger partial charge on any atom is 0.192 e. The second-order valence-electron chi connectivity index (χ2n) is 3.98. The topological polar surface area (TPSA) is 38.3 Å². The second kappa shape index (κ2) is 5.23. The summed E-state index contributed by atoms with van der Waals surface area (Å²) >= 11 is 0. The molecule has 1 aliphatic heterocycles. The van der Waals surface area contributed by atoms with Gasteiger partial charge in [0, 0.05) is 18.7 Å². The molecule has 2 rings (SSSR count). The van der Waals surface area contributed by atoms with Gasteiger partial charge in [0.15, 0.2) is 5.78 Å². The Bertz CT molecular complexity index is 370. The number of hydrogen-bond donors (Lipinski definition) is 1. The lowest BCUT2D eigenvalue weighted by molar-refractivity contribution is 0.0269. The van der Waals surface area contributed by atoms with Crippen LogP contribution >= 0.6 is 0 Å². The van der Waals surface area contributed by atoms with Crippen LogP contribution in [0.4, 0.5) is 0 Å². The van der Waals surface area contributed by atoms with Crippen molar-refractivity contribution >= 4 is 5.78 Å². The molecule has 0 amide bonds. The Kier molecular flexibility index (Phi) is 3.70. The zero-order valence-electron chi connectivity index (χ0n) is 9.53. The van der Waals surface area contributed by atoms with E-state index in [0.717, 1.165) is 18.5 Å². The summed E-state index contributed by atoms with van der Waals surface area (Å²) in [6.07, 6.45) is 0.631. The van der Waals surface area contributed by atoms with Crippen LogP contribution in [0.2, 0.25) is 0 Å². The predicted octanol–water partition coefficient (Wildman–Crippen LogP) is 1.42. The molecular weight excluding hydrogens is 202 g/mol. The summed E-state index contributed by atoms with van der Waals surface area (Å²) < 4.78 is 5.46. The van der Waals surface area contributed by atoms with E-state index in [9.17, 15) is 4.79 Å². The minimum absolute atomic E-state index is 0.0856. The molecule has 0 radical (unpaired) electrons. The van der Waals surface area contributed by atoms with E-state index in [-0.39, 0.29) is 11.9 Å². The first-order chi connectivity index (χ1) is 7.81. The third-order valence-electron chi connectivity index (χ3n) is 2.84. The minimum Gasteiger partial charge on any atom is -0.367 e. The molecule has 16 heavy (non-hydrogen) atoms. The van der Waals surface area contributed by atoms with Crippen LogP contribution in [0, 0.1) is 0 Å². The molecule has 1 N–H and O–H groups in total. The van der Waals surface area contributed by atoms with Crippen LogP contribution in [-0.4, -0.2) is 31.6 Å². The van der Waals surface area contributed by atoms with E-state index in [0.29, 0.717) is 13.2 Å². The number of morpholine rings is 1. The van der Waals surface area contributed by atoms with Crippen LogP contribution in [0.5, 0.6) is 0 Å². The summed E-state index contributed by atoms with van der Waals surface area (Å²) in [6, 6.07) is 7.79. The number of nitrogens with one attached hydrogen (secondary N) is 1. The average molecular weight is 219 g/mol. The van der Waals surface area contributed by atoms with Gasteiger partial charge >= 0.3 is 0 Å². The van der Waals surface area contributed by atoms with Crippen molar-refractivity contribution in [3.05, 3.63) is 35.4 Å². The summed E-state index contributed by atoms with van der Waals surface area (Å²) in [7, 11) is 0. The Morgan fingerprint density at radius 1 is 1.56 bits per heavy atom. The monoisotopic (exact) mass is 219 g/mol. The normalized spacial score (nSPS) is 20.7. The van der Waals surface area contributed by atoms with Crippen molar-refractivity contribution in [2.24, 2.45) is 0 Å². The van der Waals surface area contributed by atoms with Crippen molar-refractivity contribution < 1.29 is 9.53 Å². The smallest absolute Gasteiger partial charge is 0.192 e. The zero-order valence-corrected chi connectivity index (χ0v) is 9.53. The van der Waals surface area contributed by atoms with Crippen molar-refractivity contribution in [3.8, 4) is 0 Å². The number of carbonyl (C=O) groups is 1. The summed E-state index contributed by atoms with van der Waals surface area (Å²) in [5, 5.41) is 3.17. The second-order valence-corrected chi connectivity index (χ2v) is 3.98. The van der Waals surface area contributed by atoms with Gasteiger partial charge in [0.2, 0.25) is 0 Å². The fourth-order valence-corrected chi connectivity index (χ4v) is 1.86. The number of Topliss-reactive ketones (excluding diaryl/α,β-unsaturated/α-hetero) is 1. The van der Waals surface area contributed by atoms with Crippen LogP contribution in [0.1, 0.15) is 22.8 Å². The molecule has 86 valence electrons. The van der Waals surface area contributed by atoms with Gasteiger partial charge in [-0.05, 0) is 18.1 Å². The molecule has 1 unspecified atom stereocenters. The van der Waals surface area contributed by atoms with Crippen LogP contribution < -0.4 is 5.32 Å². The zero-order chi connectivity index (χ0) is 11.4. The molecule has 0 spiro atoms. The molecule has 3 heteroatoms. The fourth-order valence-electron chi connectivity index (χ4n) is 1.86. The summed E-state index contributed by atoms with van der Waals surface area (Å²) in [5.41, 5.74) is 1.95. The SMILES string of the molecule is CCc1cccc(C(=O)C2CNCCO2)c1. The quantitative estimate of drug-likeness (QED) is 0.781. The van der Waals surface area contributed by atoms with Crippen molar-refractivity contribution in [3.63, 3.8) is 0 Å². The van der Waals surface area contributed by atoms with Crippen molar-refractivity contribution in [2.45, 2.75) is 19.4 Å². The number of aryl methyl sites for hydroxylation is 1. The van der Waals surface area contributed by atoms with Crippen LogP contribution in [0.3, 0.4) is 0 Å². The largest absolute Gasteiger partial charge is 0.367 e.